The molecule has 1 rings (SSSR count). The Hall–Kier alpha value is -0.0800. The van der Waals surface area contributed by atoms with Gasteiger partial charge in [0.15, 0.2) is 0 Å². The molecule has 2 nitrogen and oxygen atoms in total. The normalized spacial score (nSPS) is 45.9. The second-order valence-corrected chi connectivity index (χ2v) is 4.11. The van der Waals surface area contributed by atoms with Crippen molar-refractivity contribution in [3.05, 3.63) is 0 Å². The highest BCUT2D eigenvalue weighted by atomic mass is 16.3. The predicted octanol–water partition coefficient (Wildman–Crippen LogP) is 0.774. The van der Waals surface area contributed by atoms with Crippen molar-refractivity contribution < 1.29 is 10.2 Å². The molecule has 60 valence electrons. The van der Waals surface area contributed by atoms with Crippen LogP contribution >= 0.6 is 0 Å². The number of rotatable bonds is 0. The lowest BCUT2D eigenvalue weighted by Gasteiger charge is -2.22. The molecule has 0 amide bonds. The molecule has 3 unspecified atom stereocenters. The van der Waals surface area contributed by atoms with Crippen molar-refractivity contribution in [2.24, 2.45) is 11.3 Å². The van der Waals surface area contributed by atoms with Crippen LogP contribution < -0.4 is 0 Å². The molecule has 1 saturated carbocycles. The van der Waals surface area contributed by atoms with Crippen LogP contribution in [-0.4, -0.2) is 22.4 Å². The highest BCUT2D eigenvalue weighted by Crippen LogP contribution is 2.40. The maximum atomic E-state index is 9.45. The summed E-state index contributed by atoms with van der Waals surface area (Å²) in [5, 5.41) is 18.8. The average molecular weight is 144 g/mol. The van der Waals surface area contributed by atoms with E-state index in [0.29, 0.717) is 0 Å². The molecule has 3 atom stereocenters. The quantitative estimate of drug-likeness (QED) is 0.527. The largest absolute Gasteiger partial charge is 0.390 e. The first-order valence-electron chi connectivity index (χ1n) is 3.81. The van der Waals surface area contributed by atoms with Crippen LogP contribution in [0, 0.1) is 11.3 Å². The summed E-state index contributed by atoms with van der Waals surface area (Å²) in [6, 6.07) is 0. The lowest BCUT2D eigenvalue weighted by molar-refractivity contribution is -0.0156. The van der Waals surface area contributed by atoms with Crippen LogP contribution in [0.4, 0.5) is 0 Å². The van der Waals surface area contributed by atoms with Gasteiger partial charge in [0.1, 0.15) is 0 Å². The van der Waals surface area contributed by atoms with Crippen molar-refractivity contribution in [1.82, 2.24) is 0 Å². The first-order chi connectivity index (χ1) is 4.45. The molecule has 0 aliphatic heterocycles. The van der Waals surface area contributed by atoms with E-state index in [1.807, 2.05) is 20.8 Å². The van der Waals surface area contributed by atoms with Crippen LogP contribution in [0.2, 0.25) is 0 Å². The lowest BCUT2D eigenvalue weighted by atomic mass is 9.89. The van der Waals surface area contributed by atoms with Crippen LogP contribution in [0.5, 0.6) is 0 Å². The first kappa shape index (κ1) is 8.02. The molecule has 0 aromatic carbocycles. The SMILES string of the molecule is CC1CC(C)(C)C(O)C1O. The standard InChI is InChI=1S/C8H16O2/c1-5-4-8(2,3)7(10)6(5)9/h5-7,9-10H,4H2,1-3H3. The molecule has 1 fully saturated rings. The second-order valence-electron chi connectivity index (χ2n) is 4.11. The first-order valence-corrected chi connectivity index (χ1v) is 3.81. The minimum absolute atomic E-state index is 0.0984. The second kappa shape index (κ2) is 2.21. The number of hydrogen-bond acceptors (Lipinski definition) is 2. The topological polar surface area (TPSA) is 40.5 Å². The molecule has 0 radical (unpaired) electrons. The Morgan fingerprint density at radius 2 is 1.80 bits per heavy atom. The fourth-order valence-corrected chi connectivity index (χ4v) is 1.84. The Bertz CT molecular complexity index is 131. The van der Waals surface area contributed by atoms with Gasteiger partial charge in [-0.1, -0.05) is 20.8 Å². The smallest absolute Gasteiger partial charge is 0.0852 e. The van der Waals surface area contributed by atoms with Gasteiger partial charge in [-0.25, -0.2) is 0 Å². The molecule has 2 N–H and O–H groups in total. The Morgan fingerprint density at radius 3 is 1.90 bits per heavy atom. The molecule has 2 heteroatoms. The Morgan fingerprint density at radius 1 is 1.30 bits per heavy atom. The van der Waals surface area contributed by atoms with E-state index in [0.717, 1.165) is 6.42 Å². The minimum Gasteiger partial charge on any atom is -0.390 e. The van der Waals surface area contributed by atoms with E-state index in [2.05, 4.69) is 0 Å². The molecular formula is C8H16O2. The molecule has 0 bridgehead atoms. The Kier molecular flexibility index (Phi) is 1.77. The van der Waals surface area contributed by atoms with E-state index >= 15 is 0 Å². The van der Waals surface area contributed by atoms with Crippen molar-refractivity contribution in [1.29, 1.82) is 0 Å². The van der Waals surface area contributed by atoms with Crippen molar-refractivity contribution in [2.45, 2.75) is 39.4 Å². The monoisotopic (exact) mass is 144 g/mol. The van der Waals surface area contributed by atoms with Gasteiger partial charge in [-0.3, -0.25) is 0 Å². The predicted molar refractivity (Wildman–Crippen MR) is 39.6 cm³/mol. The van der Waals surface area contributed by atoms with Crippen LogP contribution in [0.3, 0.4) is 0 Å². The average Bonchev–Trinajstić information content (AvgIpc) is 1.95. The molecule has 10 heavy (non-hydrogen) atoms. The zero-order chi connectivity index (χ0) is 7.94. The van der Waals surface area contributed by atoms with E-state index < -0.39 is 12.2 Å². The summed E-state index contributed by atoms with van der Waals surface area (Å²) in [5.74, 6) is 0.241. The van der Waals surface area contributed by atoms with E-state index in [9.17, 15) is 10.2 Å². The van der Waals surface area contributed by atoms with Crippen molar-refractivity contribution in [3.8, 4) is 0 Å². The van der Waals surface area contributed by atoms with Gasteiger partial charge in [-0.2, -0.15) is 0 Å². The molecule has 0 saturated heterocycles. The molecule has 0 spiro atoms. The highest BCUT2D eigenvalue weighted by molar-refractivity contribution is 4.94. The van der Waals surface area contributed by atoms with Gasteiger partial charge in [0, 0.05) is 0 Å². The zero-order valence-electron chi connectivity index (χ0n) is 6.83. The number of aliphatic hydroxyl groups is 2. The molecule has 1 aliphatic carbocycles. The van der Waals surface area contributed by atoms with Gasteiger partial charge < -0.3 is 10.2 Å². The molecular weight excluding hydrogens is 128 g/mol. The van der Waals surface area contributed by atoms with Crippen molar-refractivity contribution in [3.63, 3.8) is 0 Å². The van der Waals surface area contributed by atoms with Crippen LogP contribution in [0.1, 0.15) is 27.2 Å². The van der Waals surface area contributed by atoms with E-state index in [1.54, 1.807) is 0 Å². The zero-order valence-corrected chi connectivity index (χ0v) is 6.83. The van der Waals surface area contributed by atoms with Gasteiger partial charge in [-0.05, 0) is 17.8 Å². The summed E-state index contributed by atoms with van der Waals surface area (Å²) in [6.45, 7) is 5.96. The van der Waals surface area contributed by atoms with E-state index in [-0.39, 0.29) is 11.3 Å². The van der Waals surface area contributed by atoms with Crippen LogP contribution in [-0.2, 0) is 0 Å². The molecule has 0 aromatic rings. The lowest BCUT2D eigenvalue weighted by Crippen LogP contribution is -2.31. The van der Waals surface area contributed by atoms with Gasteiger partial charge in [0.2, 0.25) is 0 Å². The Balaban J connectivity index is 2.71. The third kappa shape index (κ3) is 1.06. The van der Waals surface area contributed by atoms with Crippen molar-refractivity contribution >= 4 is 0 Å². The van der Waals surface area contributed by atoms with Crippen LogP contribution in [0.15, 0.2) is 0 Å². The van der Waals surface area contributed by atoms with Crippen molar-refractivity contribution in [2.75, 3.05) is 0 Å². The van der Waals surface area contributed by atoms with Crippen LogP contribution in [0.25, 0.3) is 0 Å². The van der Waals surface area contributed by atoms with Gasteiger partial charge in [0.25, 0.3) is 0 Å². The summed E-state index contributed by atoms with van der Waals surface area (Å²) in [7, 11) is 0. The van der Waals surface area contributed by atoms with E-state index in [1.165, 1.54) is 0 Å². The summed E-state index contributed by atoms with van der Waals surface area (Å²) in [4.78, 5) is 0. The van der Waals surface area contributed by atoms with Gasteiger partial charge in [-0.15, -0.1) is 0 Å². The maximum Gasteiger partial charge on any atom is 0.0852 e. The highest BCUT2D eigenvalue weighted by Gasteiger charge is 2.44. The van der Waals surface area contributed by atoms with Gasteiger partial charge >= 0.3 is 0 Å². The van der Waals surface area contributed by atoms with E-state index in [4.69, 9.17) is 0 Å². The summed E-state index contributed by atoms with van der Waals surface area (Å²) in [5.41, 5.74) is -0.0984. The molecule has 0 aromatic heterocycles. The summed E-state index contributed by atoms with van der Waals surface area (Å²) >= 11 is 0. The summed E-state index contributed by atoms with van der Waals surface area (Å²) in [6.07, 6.45) is -0.146. The maximum absolute atomic E-state index is 9.45. The minimum atomic E-state index is -0.539. The summed E-state index contributed by atoms with van der Waals surface area (Å²) < 4.78 is 0. The molecule has 0 heterocycles. The third-order valence-corrected chi connectivity index (χ3v) is 2.56. The molecule has 1 aliphatic rings. The fraction of sp³-hybridized carbons (Fsp3) is 1.00. The fourth-order valence-electron chi connectivity index (χ4n) is 1.84. The Labute approximate surface area is 61.9 Å². The van der Waals surface area contributed by atoms with Gasteiger partial charge in [0.05, 0.1) is 12.2 Å². The number of aliphatic hydroxyl groups excluding tert-OH is 2. The number of hydrogen-bond donors (Lipinski definition) is 2. The third-order valence-electron chi connectivity index (χ3n) is 2.56.